The summed E-state index contributed by atoms with van der Waals surface area (Å²) in [6.07, 6.45) is -0.690. The number of halogens is 2. The minimum absolute atomic E-state index is 0.111. The molecule has 0 aliphatic carbocycles. The normalized spacial score (nSPS) is 12.4. The zero-order valence-corrected chi connectivity index (χ0v) is 12.9. The predicted octanol–water partition coefficient (Wildman–Crippen LogP) is 2.21. The summed E-state index contributed by atoms with van der Waals surface area (Å²) in [6.45, 7) is 2.57. The van der Waals surface area contributed by atoms with Gasteiger partial charge < -0.3 is 19.7 Å². The Labute approximate surface area is 132 Å². The van der Waals surface area contributed by atoms with Crippen molar-refractivity contribution in [2.45, 2.75) is 19.6 Å². The van der Waals surface area contributed by atoms with E-state index >= 15 is 0 Å². The van der Waals surface area contributed by atoms with E-state index in [1.54, 1.807) is 25.1 Å². The van der Waals surface area contributed by atoms with E-state index in [1.165, 1.54) is 0 Å². The average Bonchev–Trinajstić information content (AvgIpc) is 2.83. The maximum absolute atomic E-state index is 9.82. The molecule has 6 nitrogen and oxygen atoms in total. The second kappa shape index (κ2) is 7.61. The predicted molar refractivity (Wildman–Crippen MR) is 78.7 cm³/mol. The summed E-state index contributed by atoms with van der Waals surface area (Å²) in [6, 6.07) is 4.92. The van der Waals surface area contributed by atoms with E-state index < -0.39 is 6.10 Å². The molecule has 1 heterocycles. The van der Waals surface area contributed by atoms with E-state index in [1.807, 2.05) is 0 Å². The molecule has 0 saturated heterocycles. The van der Waals surface area contributed by atoms with Gasteiger partial charge in [-0.2, -0.15) is 4.98 Å². The van der Waals surface area contributed by atoms with Gasteiger partial charge in [0.2, 0.25) is 5.89 Å². The first-order valence-electron chi connectivity index (χ1n) is 6.30. The van der Waals surface area contributed by atoms with Crippen LogP contribution < -0.4 is 10.1 Å². The maximum Gasteiger partial charge on any atom is 0.223 e. The molecule has 0 saturated carbocycles. The number of aliphatic hydroxyl groups is 1. The van der Waals surface area contributed by atoms with Crippen LogP contribution in [0.25, 0.3) is 0 Å². The van der Waals surface area contributed by atoms with Crippen molar-refractivity contribution in [3.8, 4) is 5.75 Å². The molecule has 1 aromatic heterocycles. The van der Waals surface area contributed by atoms with Crippen molar-refractivity contribution in [1.29, 1.82) is 0 Å². The van der Waals surface area contributed by atoms with Gasteiger partial charge >= 0.3 is 0 Å². The highest BCUT2D eigenvalue weighted by Crippen LogP contribution is 2.27. The molecule has 0 fully saturated rings. The molecule has 0 bridgehead atoms. The van der Waals surface area contributed by atoms with E-state index in [4.69, 9.17) is 32.5 Å². The zero-order chi connectivity index (χ0) is 15.2. The van der Waals surface area contributed by atoms with Gasteiger partial charge in [-0.3, -0.25) is 0 Å². The van der Waals surface area contributed by atoms with Gasteiger partial charge in [-0.1, -0.05) is 28.4 Å². The molecule has 1 unspecified atom stereocenters. The molecular weight excluding hydrogens is 317 g/mol. The fourth-order valence-corrected chi connectivity index (χ4v) is 2.06. The zero-order valence-electron chi connectivity index (χ0n) is 11.3. The van der Waals surface area contributed by atoms with Gasteiger partial charge in [-0.15, -0.1) is 0 Å². The molecular formula is C13H15Cl2N3O3. The van der Waals surface area contributed by atoms with E-state index in [0.29, 0.717) is 40.6 Å². The highest BCUT2D eigenvalue weighted by molar-refractivity contribution is 6.35. The summed E-state index contributed by atoms with van der Waals surface area (Å²) in [5, 5.41) is 17.5. The number of benzene rings is 1. The maximum atomic E-state index is 9.82. The summed E-state index contributed by atoms with van der Waals surface area (Å²) in [5.74, 6) is 1.53. The Kier molecular flexibility index (Phi) is 5.81. The van der Waals surface area contributed by atoms with Gasteiger partial charge in [0.25, 0.3) is 0 Å². The molecule has 2 aromatic rings. The Hall–Kier alpha value is -1.34. The lowest BCUT2D eigenvalue weighted by atomic mass is 10.3. The summed E-state index contributed by atoms with van der Waals surface area (Å²) in [7, 11) is 0. The van der Waals surface area contributed by atoms with Crippen LogP contribution in [-0.4, -0.2) is 34.5 Å². The Balaban J connectivity index is 1.70. The van der Waals surface area contributed by atoms with Crippen LogP contribution in [0.5, 0.6) is 5.75 Å². The standard InChI is InChI=1S/C13H15Cl2N3O3/c1-8-17-13(18-21-8)6-16-5-10(19)7-20-12-3-2-9(14)4-11(12)15/h2-4,10,16,19H,5-7H2,1H3. The molecule has 1 aromatic carbocycles. The molecule has 1 atom stereocenters. The van der Waals surface area contributed by atoms with Gasteiger partial charge in [0.15, 0.2) is 5.82 Å². The van der Waals surface area contributed by atoms with Gasteiger partial charge in [-0.05, 0) is 18.2 Å². The molecule has 0 spiro atoms. The summed E-state index contributed by atoms with van der Waals surface area (Å²) < 4.78 is 10.3. The largest absolute Gasteiger partial charge is 0.489 e. The average molecular weight is 332 g/mol. The first-order valence-corrected chi connectivity index (χ1v) is 7.06. The Morgan fingerprint density at radius 1 is 1.43 bits per heavy atom. The fraction of sp³-hybridized carbons (Fsp3) is 0.385. The molecule has 8 heteroatoms. The van der Waals surface area contributed by atoms with Crippen molar-refractivity contribution in [2.75, 3.05) is 13.2 Å². The highest BCUT2D eigenvalue weighted by atomic mass is 35.5. The third-order valence-corrected chi connectivity index (χ3v) is 3.09. The van der Waals surface area contributed by atoms with Crippen LogP contribution in [0.2, 0.25) is 10.0 Å². The molecule has 114 valence electrons. The molecule has 21 heavy (non-hydrogen) atoms. The van der Waals surface area contributed by atoms with E-state index in [-0.39, 0.29) is 6.61 Å². The highest BCUT2D eigenvalue weighted by Gasteiger charge is 2.09. The Morgan fingerprint density at radius 3 is 2.90 bits per heavy atom. The van der Waals surface area contributed by atoms with Crippen LogP contribution in [-0.2, 0) is 6.54 Å². The minimum atomic E-state index is -0.690. The SMILES string of the molecule is Cc1nc(CNCC(O)COc2ccc(Cl)cc2Cl)no1. The molecule has 0 amide bonds. The van der Waals surface area contributed by atoms with Crippen molar-refractivity contribution < 1.29 is 14.4 Å². The van der Waals surface area contributed by atoms with Crippen LogP contribution >= 0.6 is 23.2 Å². The van der Waals surface area contributed by atoms with Crippen molar-refractivity contribution in [1.82, 2.24) is 15.5 Å². The fourth-order valence-electron chi connectivity index (χ4n) is 1.60. The van der Waals surface area contributed by atoms with Crippen molar-refractivity contribution in [3.63, 3.8) is 0 Å². The molecule has 0 radical (unpaired) electrons. The van der Waals surface area contributed by atoms with Crippen LogP contribution in [0.3, 0.4) is 0 Å². The van der Waals surface area contributed by atoms with E-state index in [0.717, 1.165) is 0 Å². The minimum Gasteiger partial charge on any atom is -0.489 e. The lowest BCUT2D eigenvalue weighted by Gasteiger charge is -2.13. The molecule has 0 aliphatic heterocycles. The van der Waals surface area contributed by atoms with Crippen molar-refractivity contribution in [2.24, 2.45) is 0 Å². The van der Waals surface area contributed by atoms with Crippen LogP contribution in [0.15, 0.2) is 22.7 Å². The second-order valence-corrected chi connectivity index (χ2v) is 5.24. The third kappa shape index (κ3) is 5.17. The number of ether oxygens (including phenoxy) is 1. The van der Waals surface area contributed by atoms with Crippen LogP contribution in [0, 0.1) is 6.92 Å². The van der Waals surface area contributed by atoms with E-state index in [2.05, 4.69) is 15.5 Å². The first-order chi connectivity index (χ1) is 10.0. The lowest BCUT2D eigenvalue weighted by molar-refractivity contribution is 0.106. The Morgan fingerprint density at radius 2 is 2.24 bits per heavy atom. The van der Waals surface area contributed by atoms with Crippen LogP contribution in [0.1, 0.15) is 11.7 Å². The second-order valence-electron chi connectivity index (χ2n) is 4.40. The van der Waals surface area contributed by atoms with Crippen LogP contribution in [0.4, 0.5) is 0 Å². The van der Waals surface area contributed by atoms with E-state index in [9.17, 15) is 5.11 Å². The number of hydrogen-bond acceptors (Lipinski definition) is 6. The third-order valence-electron chi connectivity index (χ3n) is 2.56. The number of rotatable bonds is 7. The monoisotopic (exact) mass is 331 g/mol. The van der Waals surface area contributed by atoms with Gasteiger partial charge in [0.1, 0.15) is 18.5 Å². The topological polar surface area (TPSA) is 80.4 Å². The van der Waals surface area contributed by atoms with Crippen molar-refractivity contribution >= 4 is 23.2 Å². The number of nitrogens with zero attached hydrogens (tertiary/aromatic N) is 2. The molecule has 2 N–H and O–H groups in total. The Bertz CT molecular complexity index is 592. The number of hydrogen-bond donors (Lipinski definition) is 2. The number of aromatic nitrogens is 2. The van der Waals surface area contributed by atoms with Gasteiger partial charge in [0, 0.05) is 18.5 Å². The summed E-state index contributed by atoms with van der Waals surface area (Å²) >= 11 is 11.8. The van der Waals surface area contributed by atoms with Crippen molar-refractivity contribution in [3.05, 3.63) is 40.0 Å². The molecule has 2 rings (SSSR count). The summed E-state index contributed by atoms with van der Waals surface area (Å²) in [4.78, 5) is 4.04. The smallest absolute Gasteiger partial charge is 0.223 e. The molecule has 0 aliphatic rings. The van der Waals surface area contributed by atoms with Gasteiger partial charge in [-0.25, -0.2) is 0 Å². The number of aryl methyl sites for hydroxylation is 1. The first kappa shape index (κ1) is 16.0. The lowest BCUT2D eigenvalue weighted by Crippen LogP contribution is -2.31. The number of aliphatic hydroxyl groups excluding tert-OH is 1. The quantitative estimate of drug-likeness (QED) is 0.809. The van der Waals surface area contributed by atoms with Gasteiger partial charge in [0.05, 0.1) is 11.6 Å². The number of nitrogens with one attached hydrogen (secondary N) is 1. The summed E-state index contributed by atoms with van der Waals surface area (Å²) in [5.41, 5.74) is 0.